The van der Waals surface area contributed by atoms with E-state index in [0.717, 1.165) is 31.7 Å². The molecule has 0 atom stereocenters. The predicted molar refractivity (Wildman–Crippen MR) is 100 cm³/mol. The van der Waals surface area contributed by atoms with Gasteiger partial charge in [0.05, 0.1) is 16.1 Å². The SMILES string of the molecule is Cl.Cl.NCC1(NC(=O)CCNc2ncc(C(F)(F)F)cc2Cl)CCCC1. The number of rotatable bonds is 6. The standard InChI is InChI=1S/C15H20ClF3N4O.2ClH/c16-11-7-10(15(17,18)19)8-22-13(11)21-6-3-12(24)23-14(9-20)4-1-2-5-14;;/h7-8H,1-6,9,20H2,(H,21,22)(H,23,24);2*1H. The molecule has 11 heteroatoms. The Kier molecular flexibility index (Phi) is 10.0. The van der Waals surface area contributed by atoms with E-state index in [1.807, 2.05) is 0 Å². The van der Waals surface area contributed by atoms with Crippen molar-refractivity contribution in [2.24, 2.45) is 5.73 Å². The number of carbonyl (C=O) groups excluding carboxylic acids is 1. The molecule has 1 aromatic rings. The Bertz CT molecular complexity index is 596. The molecule has 26 heavy (non-hydrogen) atoms. The van der Waals surface area contributed by atoms with Crippen LogP contribution in [0.3, 0.4) is 0 Å². The van der Waals surface area contributed by atoms with Crippen molar-refractivity contribution in [3.05, 3.63) is 22.8 Å². The first-order valence-corrected chi connectivity index (χ1v) is 8.11. The van der Waals surface area contributed by atoms with E-state index in [0.29, 0.717) is 12.7 Å². The lowest BCUT2D eigenvalue weighted by atomic mass is 9.97. The Morgan fingerprint density at radius 1 is 1.31 bits per heavy atom. The number of hydrogen-bond acceptors (Lipinski definition) is 4. The van der Waals surface area contributed by atoms with E-state index in [2.05, 4.69) is 15.6 Å². The summed E-state index contributed by atoms with van der Waals surface area (Å²) in [6.07, 6.45) is 0.190. The van der Waals surface area contributed by atoms with Crippen molar-refractivity contribution in [3.63, 3.8) is 0 Å². The van der Waals surface area contributed by atoms with Crippen LogP contribution in [0.2, 0.25) is 5.02 Å². The number of hydrogen-bond donors (Lipinski definition) is 3. The molecule has 1 aromatic heterocycles. The van der Waals surface area contributed by atoms with Gasteiger partial charge in [0.2, 0.25) is 5.91 Å². The van der Waals surface area contributed by atoms with Gasteiger partial charge in [0, 0.05) is 25.7 Å². The van der Waals surface area contributed by atoms with Gasteiger partial charge in [-0.25, -0.2) is 4.98 Å². The van der Waals surface area contributed by atoms with E-state index in [1.54, 1.807) is 0 Å². The number of nitrogens with one attached hydrogen (secondary N) is 2. The summed E-state index contributed by atoms with van der Waals surface area (Å²) in [7, 11) is 0. The molecule has 1 saturated carbocycles. The summed E-state index contributed by atoms with van der Waals surface area (Å²) in [5.41, 5.74) is 4.52. The van der Waals surface area contributed by atoms with Gasteiger partial charge in [-0.3, -0.25) is 4.79 Å². The average Bonchev–Trinajstić information content (AvgIpc) is 2.97. The molecule has 2 rings (SSSR count). The highest BCUT2D eigenvalue weighted by Crippen LogP contribution is 2.32. The van der Waals surface area contributed by atoms with Crippen LogP contribution in [0.1, 0.15) is 37.7 Å². The van der Waals surface area contributed by atoms with Crippen LogP contribution in [0.15, 0.2) is 12.3 Å². The molecule has 0 aliphatic heterocycles. The quantitative estimate of drug-likeness (QED) is 0.633. The average molecular weight is 438 g/mol. The van der Waals surface area contributed by atoms with Gasteiger partial charge in [0.15, 0.2) is 0 Å². The van der Waals surface area contributed by atoms with Gasteiger partial charge in [-0.1, -0.05) is 24.4 Å². The van der Waals surface area contributed by atoms with Crippen LogP contribution < -0.4 is 16.4 Å². The molecular formula is C15H22Cl3F3N4O. The molecule has 0 aromatic carbocycles. The summed E-state index contributed by atoms with van der Waals surface area (Å²) in [4.78, 5) is 15.7. The van der Waals surface area contributed by atoms with E-state index in [-0.39, 0.29) is 60.1 Å². The van der Waals surface area contributed by atoms with E-state index in [9.17, 15) is 18.0 Å². The highest BCUT2D eigenvalue weighted by molar-refractivity contribution is 6.32. The molecule has 150 valence electrons. The second kappa shape index (κ2) is 10.4. The van der Waals surface area contributed by atoms with Gasteiger partial charge in [-0.05, 0) is 18.9 Å². The fraction of sp³-hybridized carbons (Fsp3) is 0.600. The lowest BCUT2D eigenvalue weighted by Gasteiger charge is -2.28. The van der Waals surface area contributed by atoms with E-state index in [1.165, 1.54) is 0 Å². The van der Waals surface area contributed by atoms with E-state index >= 15 is 0 Å². The number of amides is 1. The van der Waals surface area contributed by atoms with Crippen molar-refractivity contribution in [2.75, 3.05) is 18.4 Å². The van der Waals surface area contributed by atoms with Crippen LogP contribution in [-0.2, 0) is 11.0 Å². The van der Waals surface area contributed by atoms with Crippen molar-refractivity contribution in [3.8, 4) is 0 Å². The summed E-state index contributed by atoms with van der Waals surface area (Å²) in [5, 5.41) is 5.60. The number of anilines is 1. The van der Waals surface area contributed by atoms with Crippen molar-refractivity contribution >= 4 is 48.1 Å². The molecule has 1 aliphatic rings. The molecule has 1 amide bonds. The molecule has 0 bridgehead atoms. The van der Waals surface area contributed by atoms with Crippen molar-refractivity contribution in [1.29, 1.82) is 0 Å². The molecule has 0 saturated heterocycles. The maximum Gasteiger partial charge on any atom is 0.417 e. The van der Waals surface area contributed by atoms with Crippen molar-refractivity contribution < 1.29 is 18.0 Å². The highest BCUT2D eigenvalue weighted by atomic mass is 35.5. The second-order valence-electron chi connectivity index (χ2n) is 5.97. The Morgan fingerprint density at radius 3 is 2.42 bits per heavy atom. The van der Waals surface area contributed by atoms with Crippen LogP contribution in [0, 0.1) is 0 Å². The minimum atomic E-state index is -4.49. The number of halogens is 6. The van der Waals surface area contributed by atoms with Crippen molar-refractivity contribution in [2.45, 2.75) is 43.8 Å². The first-order valence-electron chi connectivity index (χ1n) is 7.73. The summed E-state index contributed by atoms with van der Waals surface area (Å²) in [6.45, 7) is 0.614. The Hall–Kier alpha value is -0.960. The molecule has 1 aliphatic carbocycles. The van der Waals surface area contributed by atoms with Gasteiger partial charge in [-0.15, -0.1) is 24.8 Å². The second-order valence-corrected chi connectivity index (χ2v) is 6.38. The number of alkyl halides is 3. The summed E-state index contributed by atoms with van der Waals surface area (Å²) in [6, 6.07) is 0.804. The Balaban J connectivity index is 0.00000312. The minimum absolute atomic E-state index is 0. The van der Waals surface area contributed by atoms with Gasteiger partial charge < -0.3 is 16.4 Å². The van der Waals surface area contributed by atoms with Crippen LogP contribution in [0.25, 0.3) is 0 Å². The third kappa shape index (κ3) is 6.64. The topological polar surface area (TPSA) is 80.0 Å². The zero-order valence-corrected chi connectivity index (χ0v) is 16.3. The number of nitrogens with zero attached hydrogens (tertiary/aromatic N) is 1. The molecule has 0 unspecified atom stereocenters. The molecule has 4 N–H and O–H groups in total. The zero-order valence-electron chi connectivity index (χ0n) is 13.9. The summed E-state index contributed by atoms with van der Waals surface area (Å²) >= 11 is 5.79. The molecular weight excluding hydrogens is 416 g/mol. The smallest absolute Gasteiger partial charge is 0.368 e. The normalized spacial score (nSPS) is 15.6. The largest absolute Gasteiger partial charge is 0.417 e. The lowest BCUT2D eigenvalue weighted by molar-refractivity contribution is -0.137. The fourth-order valence-corrected chi connectivity index (χ4v) is 3.04. The van der Waals surface area contributed by atoms with Crippen LogP contribution in [0.5, 0.6) is 0 Å². The number of carbonyl (C=O) groups is 1. The maximum atomic E-state index is 12.5. The Labute approximate surface area is 167 Å². The fourth-order valence-electron chi connectivity index (χ4n) is 2.81. The molecule has 0 radical (unpaired) electrons. The van der Waals surface area contributed by atoms with Gasteiger partial charge in [-0.2, -0.15) is 13.2 Å². The van der Waals surface area contributed by atoms with Crippen molar-refractivity contribution in [1.82, 2.24) is 10.3 Å². The number of pyridine rings is 1. The molecule has 1 fully saturated rings. The third-order valence-electron chi connectivity index (χ3n) is 4.17. The number of aromatic nitrogens is 1. The summed E-state index contributed by atoms with van der Waals surface area (Å²) < 4.78 is 37.6. The van der Waals surface area contributed by atoms with Gasteiger partial charge >= 0.3 is 6.18 Å². The van der Waals surface area contributed by atoms with Gasteiger partial charge in [0.25, 0.3) is 0 Å². The zero-order chi connectivity index (χ0) is 17.8. The first kappa shape index (κ1) is 25.0. The van der Waals surface area contributed by atoms with E-state index in [4.69, 9.17) is 17.3 Å². The first-order chi connectivity index (χ1) is 11.3. The number of nitrogens with two attached hydrogens (primary N) is 1. The molecule has 5 nitrogen and oxygen atoms in total. The monoisotopic (exact) mass is 436 g/mol. The summed E-state index contributed by atoms with van der Waals surface area (Å²) in [5.74, 6) is -0.0373. The molecule has 0 spiro atoms. The van der Waals surface area contributed by atoms with E-state index < -0.39 is 11.7 Å². The van der Waals surface area contributed by atoms with Crippen LogP contribution >= 0.6 is 36.4 Å². The van der Waals surface area contributed by atoms with Crippen LogP contribution in [0.4, 0.5) is 19.0 Å². The lowest BCUT2D eigenvalue weighted by Crippen LogP contribution is -2.51. The van der Waals surface area contributed by atoms with Crippen LogP contribution in [-0.4, -0.2) is 29.5 Å². The van der Waals surface area contributed by atoms with Gasteiger partial charge in [0.1, 0.15) is 5.82 Å². The predicted octanol–water partition coefficient (Wildman–Crippen LogP) is 3.79. The third-order valence-corrected chi connectivity index (χ3v) is 4.46. The molecule has 1 heterocycles. The Morgan fingerprint density at radius 2 is 1.92 bits per heavy atom. The maximum absolute atomic E-state index is 12.5. The minimum Gasteiger partial charge on any atom is -0.368 e. The highest BCUT2D eigenvalue weighted by Gasteiger charge is 2.34.